The van der Waals surface area contributed by atoms with Crippen LogP contribution in [0.4, 0.5) is 11.4 Å². The van der Waals surface area contributed by atoms with Crippen LogP contribution in [0.15, 0.2) is 21.7 Å². The predicted octanol–water partition coefficient (Wildman–Crippen LogP) is -2.13. The van der Waals surface area contributed by atoms with Crippen molar-refractivity contribution in [1.82, 2.24) is 9.66 Å². The number of aliphatic hydroxyl groups is 2. The molecule has 0 aliphatic rings. The van der Waals surface area contributed by atoms with E-state index in [1.165, 1.54) is 0 Å². The number of H-pyrrole nitrogens is 1. The molecular formula is C12H15N5O8S. The van der Waals surface area contributed by atoms with Gasteiger partial charge in [0.1, 0.15) is 5.69 Å². The van der Waals surface area contributed by atoms with Gasteiger partial charge in [0.25, 0.3) is 11.2 Å². The summed E-state index contributed by atoms with van der Waals surface area (Å²) in [6.07, 6.45) is 0.735. The lowest BCUT2D eigenvalue weighted by atomic mass is 10.1. The first kappa shape index (κ1) is 19.4. The van der Waals surface area contributed by atoms with Crippen LogP contribution in [-0.4, -0.2) is 58.7 Å². The van der Waals surface area contributed by atoms with Gasteiger partial charge in [-0.05, 0) is 6.07 Å². The Morgan fingerprint density at radius 2 is 1.92 bits per heavy atom. The van der Waals surface area contributed by atoms with Gasteiger partial charge in [0.15, 0.2) is 0 Å². The Bertz CT molecular complexity index is 1070. The molecule has 13 nitrogen and oxygen atoms in total. The minimum atomic E-state index is -3.95. The van der Waals surface area contributed by atoms with Crippen molar-refractivity contribution in [3.63, 3.8) is 0 Å². The molecule has 0 saturated heterocycles. The molecule has 0 spiro atoms. The fraction of sp³-hybridized carbons (Fsp3) is 0.333. The Balaban J connectivity index is 2.76. The maximum Gasteiger partial charge on any atom is 0.348 e. The van der Waals surface area contributed by atoms with Gasteiger partial charge in [0, 0.05) is 6.07 Å². The number of hydrogen-bond acceptors (Lipinski definition) is 9. The van der Waals surface area contributed by atoms with E-state index in [0.29, 0.717) is 0 Å². The molecule has 2 rings (SSSR count). The zero-order valence-corrected chi connectivity index (χ0v) is 14.1. The lowest BCUT2D eigenvalue weighted by Crippen LogP contribution is -2.43. The maximum absolute atomic E-state index is 12.4. The molecule has 0 radical (unpaired) electrons. The lowest BCUT2D eigenvalue weighted by molar-refractivity contribution is -0.383. The zero-order valence-electron chi connectivity index (χ0n) is 13.3. The van der Waals surface area contributed by atoms with Crippen LogP contribution in [0.2, 0.25) is 0 Å². The number of nitrogens with zero attached hydrogens (tertiary/aromatic N) is 2. The van der Waals surface area contributed by atoms with Crippen LogP contribution in [0.5, 0.6) is 0 Å². The van der Waals surface area contributed by atoms with Crippen molar-refractivity contribution in [3.05, 3.63) is 43.1 Å². The maximum atomic E-state index is 12.4. The van der Waals surface area contributed by atoms with E-state index in [9.17, 15) is 28.1 Å². The molecule has 0 fully saturated rings. The third-order valence-electron chi connectivity index (χ3n) is 3.27. The Labute approximate surface area is 145 Å². The van der Waals surface area contributed by atoms with E-state index in [4.69, 9.17) is 10.2 Å². The number of aromatic nitrogens is 2. The second-order valence-corrected chi connectivity index (χ2v) is 7.04. The molecule has 0 aliphatic heterocycles. The largest absolute Gasteiger partial charge is 0.394 e. The van der Waals surface area contributed by atoms with E-state index in [1.807, 2.05) is 0 Å². The first-order chi connectivity index (χ1) is 12.1. The van der Waals surface area contributed by atoms with Gasteiger partial charge in [-0.1, -0.05) is 0 Å². The highest BCUT2D eigenvalue weighted by Crippen LogP contribution is 2.28. The van der Waals surface area contributed by atoms with E-state index in [-0.39, 0.29) is 21.3 Å². The van der Waals surface area contributed by atoms with Gasteiger partial charge in [-0.2, -0.15) is 4.68 Å². The summed E-state index contributed by atoms with van der Waals surface area (Å²) in [7, 11) is -3.95. The summed E-state index contributed by atoms with van der Waals surface area (Å²) >= 11 is 0. The van der Waals surface area contributed by atoms with Crippen molar-refractivity contribution >= 4 is 32.3 Å². The number of sulfonamides is 1. The van der Waals surface area contributed by atoms with E-state index in [2.05, 4.69) is 10.3 Å². The van der Waals surface area contributed by atoms with Gasteiger partial charge in [0.05, 0.1) is 41.3 Å². The van der Waals surface area contributed by atoms with Gasteiger partial charge in [-0.25, -0.2) is 18.0 Å². The molecule has 0 bridgehead atoms. The van der Waals surface area contributed by atoms with Gasteiger partial charge in [-0.3, -0.25) is 14.9 Å². The first-order valence-electron chi connectivity index (χ1n) is 7.01. The fourth-order valence-corrected chi connectivity index (χ4v) is 2.63. The topological polar surface area (TPSA) is 197 Å². The molecule has 2 aromatic rings. The number of nitro benzene ring substituents is 1. The highest BCUT2D eigenvalue weighted by molar-refractivity contribution is 7.91. The standard InChI is InChI=1S/C12H15N5O8S/c1-26(24,25)15-16-11(20)7-2-9(13-6(4-18)5-19)10(17(22)23)3-8(7)14-12(16)21/h2-3,6,13,15,18-19H,4-5H2,1H3,(H,14,21). The number of anilines is 1. The minimum Gasteiger partial charge on any atom is -0.394 e. The summed E-state index contributed by atoms with van der Waals surface area (Å²) in [6.45, 7) is -1.09. The number of aliphatic hydroxyl groups excluding tert-OH is 2. The molecule has 1 heterocycles. The zero-order chi connectivity index (χ0) is 19.6. The molecule has 5 N–H and O–H groups in total. The van der Waals surface area contributed by atoms with Gasteiger partial charge in [-0.15, -0.1) is 0 Å². The van der Waals surface area contributed by atoms with Crippen molar-refractivity contribution in [2.75, 3.05) is 29.6 Å². The highest BCUT2D eigenvalue weighted by Gasteiger charge is 2.21. The minimum absolute atomic E-state index is 0.187. The van der Waals surface area contributed by atoms with Crippen LogP contribution < -0.4 is 21.4 Å². The summed E-state index contributed by atoms with van der Waals surface area (Å²) in [6, 6.07) is 0.993. The Kier molecular flexibility index (Phi) is 5.29. The number of benzene rings is 1. The Hall–Kier alpha value is -2.97. The third kappa shape index (κ3) is 3.98. The van der Waals surface area contributed by atoms with Gasteiger partial charge < -0.3 is 20.5 Å². The average Bonchev–Trinajstić information content (AvgIpc) is 2.55. The van der Waals surface area contributed by atoms with Crippen molar-refractivity contribution in [2.45, 2.75) is 6.04 Å². The average molecular weight is 389 g/mol. The summed E-state index contributed by atoms with van der Waals surface area (Å²) in [5, 5.41) is 31.7. The van der Waals surface area contributed by atoms with E-state index in [0.717, 1.165) is 18.4 Å². The van der Waals surface area contributed by atoms with Crippen LogP contribution >= 0.6 is 0 Å². The van der Waals surface area contributed by atoms with Gasteiger partial charge in [0.2, 0.25) is 10.0 Å². The summed E-state index contributed by atoms with van der Waals surface area (Å²) in [4.78, 5) is 38.6. The fourth-order valence-electron chi connectivity index (χ4n) is 2.14. The number of rotatable bonds is 7. The van der Waals surface area contributed by atoms with Crippen molar-refractivity contribution in [1.29, 1.82) is 0 Å². The number of hydrogen-bond donors (Lipinski definition) is 5. The van der Waals surface area contributed by atoms with Crippen LogP contribution in [0.3, 0.4) is 0 Å². The predicted molar refractivity (Wildman–Crippen MR) is 91.3 cm³/mol. The van der Waals surface area contributed by atoms with Crippen molar-refractivity contribution in [3.8, 4) is 0 Å². The number of nitro groups is 1. The molecular weight excluding hydrogens is 374 g/mol. The van der Waals surface area contributed by atoms with E-state index in [1.54, 1.807) is 4.83 Å². The molecule has 0 aliphatic carbocycles. The quantitative estimate of drug-likeness (QED) is 0.259. The Morgan fingerprint density at radius 3 is 2.42 bits per heavy atom. The molecule has 142 valence electrons. The normalized spacial score (nSPS) is 11.7. The van der Waals surface area contributed by atoms with Crippen LogP contribution in [-0.2, 0) is 10.0 Å². The first-order valence-corrected chi connectivity index (χ1v) is 8.90. The van der Waals surface area contributed by atoms with Crippen molar-refractivity contribution < 1.29 is 23.6 Å². The Morgan fingerprint density at radius 1 is 1.31 bits per heavy atom. The van der Waals surface area contributed by atoms with Crippen molar-refractivity contribution in [2.24, 2.45) is 0 Å². The molecule has 0 unspecified atom stereocenters. The van der Waals surface area contributed by atoms with E-state index >= 15 is 0 Å². The van der Waals surface area contributed by atoms with Crippen LogP contribution in [0.1, 0.15) is 0 Å². The number of aromatic amines is 1. The smallest absolute Gasteiger partial charge is 0.348 e. The highest BCUT2D eigenvalue weighted by atomic mass is 32.2. The molecule has 1 aromatic carbocycles. The molecule has 26 heavy (non-hydrogen) atoms. The monoisotopic (exact) mass is 389 g/mol. The molecule has 0 atom stereocenters. The number of fused-ring (bicyclic) bond motifs is 1. The lowest BCUT2D eigenvalue weighted by Gasteiger charge is -2.15. The number of nitrogens with one attached hydrogen (secondary N) is 3. The SMILES string of the molecule is CS(=O)(=O)Nn1c(=O)[nH]c2cc([N+](=O)[O-])c(NC(CO)CO)cc2c1=O. The van der Waals surface area contributed by atoms with Gasteiger partial charge >= 0.3 is 5.69 Å². The summed E-state index contributed by atoms with van der Waals surface area (Å²) in [5.41, 5.74) is -3.10. The second-order valence-electron chi connectivity index (χ2n) is 5.31. The molecule has 14 heteroatoms. The third-order valence-corrected chi connectivity index (χ3v) is 3.78. The van der Waals surface area contributed by atoms with Crippen LogP contribution in [0.25, 0.3) is 10.9 Å². The second kappa shape index (κ2) is 7.11. The summed E-state index contributed by atoms with van der Waals surface area (Å²) in [5.74, 6) is 0. The van der Waals surface area contributed by atoms with E-state index < -0.39 is 51.1 Å². The molecule has 0 saturated carbocycles. The molecule has 0 amide bonds. The van der Waals surface area contributed by atoms with Crippen LogP contribution in [0, 0.1) is 10.1 Å². The summed E-state index contributed by atoms with van der Waals surface area (Å²) < 4.78 is 22.8. The molecule has 1 aromatic heterocycles.